The number of carbonyl (C=O) groups excluding carboxylic acids is 1. The first-order valence-electron chi connectivity index (χ1n) is 12.8. The highest BCUT2D eigenvalue weighted by molar-refractivity contribution is 7.98. The number of pyridine rings is 1. The van der Waals surface area contributed by atoms with Crippen LogP contribution in [0.25, 0.3) is 0 Å². The highest BCUT2D eigenvalue weighted by Gasteiger charge is 2.33. The molecule has 0 aliphatic heterocycles. The maximum atomic E-state index is 14.8. The van der Waals surface area contributed by atoms with Crippen molar-refractivity contribution in [3.63, 3.8) is 0 Å². The second kappa shape index (κ2) is 10.7. The molecule has 200 valence electrons. The molecule has 10 heteroatoms. The van der Waals surface area contributed by atoms with Gasteiger partial charge in [0.05, 0.1) is 16.9 Å². The van der Waals surface area contributed by atoms with Crippen molar-refractivity contribution in [1.82, 2.24) is 14.6 Å². The lowest BCUT2D eigenvalue weighted by molar-refractivity contribution is 0.0948. The average Bonchev–Trinajstić information content (AvgIpc) is 3.81. The number of amides is 1. The zero-order valence-corrected chi connectivity index (χ0v) is 22.7. The number of ether oxygens (including phenoxy) is 1. The predicted octanol–water partition coefficient (Wildman–Crippen LogP) is 5.64. The summed E-state index contributed by atoms with van der Waals surface area (Å²) in [6.45, 7) is 3.45. The summed E-state index contributed by atoms with van der Waals surface area (Å²) in [6, 6.07) is 10.6. The van der Waals surface area contributed by atoms with Crippen LogP contribution in [0.15, 0.2) is 41.2 Å². The van der Waals surface area contributed by atoms with Crippen LogP contribution in [0.1, 0.15) is 58.6 Å². The van der Waals surface area contributed by atoms with Crippen LogP contribution >= 0.6 is 12.1 Å². The quantitative estimate of drug-likeness (QED) is 0.249. The molecule has 2 aromatic carbocycles. The van der Waals surface area contributed by atoms with Crippen LogP contribution in [-0.2, 0) is 7.05 Å². The lowest BCUT2D eigenvalue weighted by Crippen LogP contribution is -2.31. The normalized spacial score (nSPS) is 14.8. The molecule has 38 heavy (non-hydrogen) atoms. The minimum absolute atomic E-state index is 0.0740. The molecule has 2 fully saturated rings. The van der Waals surface area contributed by atoms with Crippen molar-refractivity contribution in [2.24, 2.45) is 7.05 Å². The molecule has 0 radical (unpaired) electrons. The van der Waals surface area contributed by atoms with Gasteiger partial charge in [-0.25, -0.2) is 9.11 Å². The third-order valence-electron chi connectivity index (χ3n) is 6.81. The maximum Gasteiger partial charge on any atom is 0.259 e. The van der Waals surface area contributed by atoms with Gasteiger partial charge in [-0.15, -0.1) is 0 Å². The number of nitrogens with one attached hydrogen (secondary N) is 4. The van der Waals surface area contributed by atoms with Gasteiger partial charge in [-0.1, -0.05) is 12.1 Å². The van der Waals surface area contributed by atoms with Crippen LogP contribution in [0.3, 0.4) is 0 Å². The number of aromatic nitrogens is 1. The Hall–Kier alpha value is -3.50. The predicted molar refractivity (Wildman–Crippen MR) is 150 cm³/mol. The molecule has 2 saturated carbocycles. The van der Waals surface area contributed by atoms with Crippen molar-refractivity contribution in [3.8, 4) is 11.5 Å². The second-order valence-electron chi connectivity index (χ2n) is 9.90. The van der Waals surface area contributed by atoms with Crippen molar-refractivity contribution in [1.29, 1.82) is 0 Å². The molecule has 0 saturated heterocycles. The van der Waals surface area contributed by atoms with Gasteiger partial charge in [0.25, 0.3) is 11.5 Å². The molecule has 0 atom stereocenters. The third kappa shape index (κ3) is 5.37. The Morgan fingerprint density at radius 3 is 2.53 bits per heavy atom. The molecular weight excluding hydrogens is 505 g/mol. The molecule has 2 aliphatic rings. The number of aryl methyl sites for hydroxylation is 1. The van der Waals surface area contributed by atoms with Crippen molar-refractivity contribution >= 4 is 35.2 Å². The molecule has 3 aromatic rings. The first-order chi connectivity index (χ1) is 18.3. The summed E-state index contributed by atoms with van der Waals surface area (Å²) < 4.78 is 29.0. The first kappa shape index (κ1) is 26.1. The van der Waals surface area contributed by atoms with Gasteiger partial charge in [-0.3, -0.25) is 14.2 Å². The summed E-state index contributed by atoms with van der Waals surface area (Å²) in [6.07, 6.45) is 3.85. The summed E-state index contributed by atoms with van der Waals surface area (Å²) in [5.41, 5.74) is 2.96. The van der Waals surface area contributed by atoms with Crippen molar-refractivity contribution in [2.75, 3.05) is 17.1 Å². The zero-order chi connectivity index (χ0) is 27.0. The Bertz CT molecular complexity index is 1450. The van der Waals surface area contributed by atoms with Crippen LogP contribution in [0, 0.1) is 19.7 Å². The third-order valence-corrected chi connectivity index (χ3v) is 7.34. The molecule has 5 rings (SSSR count). The van der Waals surface area contributed by atoms with E-state index in [2.05, 4.69) is 20.1 Å². The molecule has 1 heterocycles. The van der Waals surface area contributed by atoms with E-state index in [4.69, 9.17) is 4.74 Å². The van der Waals surface area contributed by atoms with E-state index < -0.39 is 5.82 Å². The highest BCUT2D eigenvalue weighted by atomic mass is 32.2. The Morgan fingerprint density at radius 1 is 1.11 bits per heavy atom. The SMILES string of the molecule is CNSNc1cccc(Oc2c(C(=O)NC3CC3)c(Nc3ccc(C)cc3F)n(C)c(=O)c2C)c1C1CC1. The van der Waals surface area contributed by atoms with Gasteiger partial charge in [-0.05, 0) is 82.3 Å². The van der Waals surface area contributed by atoms with Crippen molar-refractivity contribution in [3.05, 3.63) is 74.8 Å². The Kier molecular flexibility index (Phi) is 7.36. The minimum Gasteiger partial charge on any atom is -0.456 e. The molecule has 1 aromatic heterocycles. The van der Waals surface area contributed by atoms with Crippen molar-refractivity contribution in [2.45, 2.75) is 51.5 Å². The Morgan fingerprint density at radius 2 is 1.87 bits per heavy atom. The molecule has 4 N–H and O–H groups in total. The van der Waals surface area contributed by atoms with E-state index >= 15 is 0 Å². The van der Waals surface area contributed by atoms with E-state index in [1.54, 1.807) is 33.0 Å². The molecule has 1 amide bonds. The number of anilines is 3. The fraction of sp³-hybridized carbons (Fsp3) is 0.357. The highest BCUT2D eigenvalue weighted by Crippen LogP contribution is 2.49. The van der Waals surface area contributed by atoms with Gasteiger partial charge in [0.15, 0.2) is 5.75 Å². The van der Waals surface area contributed by atoms with Gasteiger partial charge in [0.2, 0.25) is 0 Å². The number of rotatable bonds is 10. The monoisotopic (exact) mass is 537 g/mol. The molecule has 0 bridgehead atoms. The number of nitrogens with zero attached hydrogens (tertiary/aromatic N) is 1. The van der Waals surface area contributed by atoms with Gasteiger partial charge in [-0.2, -0.15) is 0 Å². The topological polar surface area (TPSA) is 96.4 Å². The summed E-state index contributed by atoms with van der Waals surface area (Å²) in [5, 5.41) is 6.03. The number of carbonyl (C=O) groups is 1. The lowest BCUT2D eigenvalue weighted by atomic mass is 10.1. The van der Waals surface area contributed by atoms with E-state index in [0.717, 1.165) is 42.5 Å². The van der Waals surface area contributed by atoms with E-state index in [1.165, 1.54) is 22.8 Å². The fourth-order valence-electron chi connectivity index (χ4n) is 4.46. The molecule has 0 unspecified atom stereocenters. The largest absolute Gasteiger partial charge is 0.456 e. The fourth-order valence-corrected chi connectivity index (χ4v) is 4.85. The van der Waals surface area contributed by atoms with E-state index in [-0.39, 0.29) is 40.3 Å². The van der Waals surface area contributed by atoms with E-state index in [1.807, 2.05) is 25.2 Å². The average molecular weight is 538 g/mol. The maximum absolute atomic E-state index is 14.8. The van der Waals surface area contributed by atoms with Crippen LogP contribution in [0.2, 0.25) is 0 Å². The summed E-state index contributed by atoms with van der Waals surface area (Å²) in [4.78, 5) is 27.0. The van der Waals surface area contributed by atoms with Gasteiger partial charge < -0.3 is 20.1 Å². The molecular formula is C28H32FN5O3S. The Labute approximate surface area is 225 Å². The van der Waals surface area contributed by atoms with E-state index in [9.17, 15) is 14.0 Å². The van der Waals surface area contributed by atoms with Gasteiger partial charge >= 0.3 is 0 Å². The number of hydrogen-bond donors (Lipinski definition) is 4. The summed E-state index contributed by atoms with van der Waals surface area (Å²) in [7, 11) is 3.39. The molecule has 0 spiro atoms. The van der Waals surface area contributed by atoms with Crippen LogP contribution in [0.5, 0.6) is 11.5 Å². The minimum atomic E-state index is -0.481. The smallest absolute Gasteiger partial charge is 0.259 e. The van der Waals surface area contributed by atoms with Gasteiger partial charge in [0.1, 0.15) is 22.9 Å². The lowest BCUT2D eigenvalue weighted by Gasteiger charge is -2.23. The number of halogens is 1. The standard InChI is InChI=1S/C28H32FN5O3S/c1-15-8-13-20(19(29)14-15)32-26-24(27(35)31-18-11-12-18)25(16(2)28(36)34(26)4)37-22-7-5-6-21(33-38-30-3)23(22)17-9-10-17/h5-8,13-14,17-18,30,32-33H,9-12H2,1-4H3,(H,31,35). The van der Waals surface area contributed by atoms with Crippen molar-refractivity contribution < 1.29 is 13.9 Å². The first-order valence-corrected chi connectivity index (χ1v) is 13.6. The number of hydrogen-bond acceptors (Lipinski definition) is 7. The zero-order valence-electron chi connectivity index (χ0n) is 21.9. The Balaban J connectivity index is 1.65. The van der Waals surface area contributed by atoms with Crippen LogP contribution < -0.4 is 30.4 Å². The summed E-state index contributed by atoms with van der Waals surface area (Å²) >= 11 is 1.35. The summed E-state index contributed by atoms with van der Waals surface area (Å²) in [5.74, 6) is 0.389. The molecule has 2 aliphatic carbocycles. The second-order valence-corrected chi connectivity index (χ2v) is 10.7. The number of benzene rings is 2. The van der Waals surface area contributed by atoms with Gasteiger partial charge in [0, 0.05) is 30.8 Å². The van der Waals surface area contributed by atoms with E-state index in [0.29, 0.717) is 17.2 Å². The van der Waals surface area contributed by atoms with Crippen LogP contribution in [-0.4, -0.2) is 23.6 Å². The van der Waals surface area contributed by atoms with Crippen LogP contribution in [0.4, 0.5) is 21.6 Å². The molecule has 8 nitrogen and oxygen atoms in total.